The van der Waals surface area contributed by atoms with Gasteiger partial charge in [-0.1, -0.05) is 24.3 Å². The molecule has 6 heteroatoms. The zero-order valence-electron chi connectivity index (χ0n) is 14.3. The Kier molecular flexibility index (Phi) is 4.73. The van der Waals surface area contributed by atoms with Crippen molar-refractivity contribution in [1.29, 1.82) is 0 Å². The molecule has 0 unspecified atom stereocenters. The van der Waals surface area contributed by atoms with E-state index >= 15 is 0 Å². The van der Waals surface area contributed by atoms with Crippen LogP contribution in [0.3, 0.4) is 0 Å². The van der Waals surface area contributed by atoms with Gasteiger partial charge < -0.3 is 10.1 Å². The molecular weight excluding hydrogens is 328 g/mol. The number of benzene rings is 1. The van der Waals surface area contributed by atoms with Gasteiger partial charge in [0, 0.05) is 30.0 Å². The number of nitrogens with zero attached hydrogens (tertiary/aromatic N) is 3. The molecule has 0 atom stereocenters. The maximum atomic E-state index is 12.7. The summed E-state index contributed by atoms with van der Waals surface area (Å²) in [4.78, 5) is 25.1. The first-order valence-corrected chi connectivity index (χ1v) is 8.87. The molecule has 0 aliphatic heterocycles. The Labute approximate surface area is 151 Å². The molecule has 3 aromatic rings. The average Bonchev–Trinajstić information content (AvgIpc) is 2.70. The molecule has 2 aromatic heterocycles. The fourth-order valence-corrected chi connectivity index (χ4v) is 3.40. The number of amides is 1. The Morgan fingerprint density at radius 3 is 2.65 bits per heavy atom. The van der Waals surface area contributed by atoms with E-state index in [1.54, 1.807) is 24.8 Å². The van der Waals surface area contributed by atoms with Crippen molar-refractivity contribution in [2.45, 2.75) is 37.8 Å². The van der Waals surface area contributed by atoms with Crippen LogP contribution in [0.15, 0.2) is 55.1 Å². The summed E-state index contributed by atoms with van der Waals surface area (Å²) in [6, 6.07) is 9.87. The van der Waals surface area contributed by atoms with Crippen molar-refractivity contribution in [2.24, 2.45) is 0 Å². The summed E-state index contributed by atoms with van der Waals surface area (Å²) in [5.41, 5.74) is 0.487. The van der Waals surface area contributed by atoms with Gasteiger partial charge in [-0.05, 0) is 37.1 Å². The number of hydrogen-bond donors (Lipinski definition) is 1. The summed E-state index contributed by atoms with van der Waals surface area (Å²) in [6.07, 6.45) is 10.2. The van der Waals surface area contributed by atoms with Crippen molar-refractivity contribution in [3.8, 4) is 5.88 Å². The average molecular weight is 348 g/mol. The number of rotatable bonds is 4. The second-order valence-electron chi connectivity index (χ2n) is 6.49. The van der Waals surface area contributed by atoms with Gasteiger partial charge in [0.2, 0.25) is 5.88 Å². The molecule has 1 amide bonds. The first kappa shape index (κ1) is 16.4. The van der Waals surface area contributed by atoms with Crippen LogP contribution < -0.4 is 10.1 Å². The van der Waals surface area contributed by atoms with Gasteiger partial charge in [-0.15, -0.1) is 0 Å². The fraction of sp³-hybridized carbons (Fsp3) is 0.300. The lowest BCUT2D eigenvalue weighted by molar-refractivity contribution is 0.0887. The maximum absolute atomic E-state index is 12.7. The summed E-state index contributed by atoms with van der Waals surface area (Å²) in [5, 5.41) is 5.03. The Morgan fingerprint density at radius 1 is 1.00 bits per heavy atom. The largest absolute Gasteiger partial charge is 0.473 e. The summed E-state index contributed by atoms with van der Waals surface area (Å²) >= 11 is 0. The quantitative estimate of drug-likeness (QED) is 0.784. The number of pyridine rings is 1. The van der Waals surface area contributed by atoms with Crippen LogP contribution in [0.5, 0.6) is 5.88 Å². The molecule has 6 nitrogen and oxygen atoms in total. The van der Waals surface area contributed by atoms with Crippen LogP contribution >= 0.6 is 0 Å². The number of ether oxygens (including phenoxy) is 1. The van der Waals surface area contributed by atoms with Crippen molar-refractivity contribution in [2.75, 3.05) is 0 Å². The lowest BCUT2D eigenvalue weighted by Gasteiger charge is -2.29. The van der Waals surface area contributed by atoms with Gasteiger partial charge >= 0.3 is 0 Å². The summed E-state index contributed by atoms with van der Waals surface area (Å²) in [7, 11) is 0. The van der Waals surface area contributed by atoms with E-state index in [0.29, 0.717) is 11.6 Å². The third kappa shape index (κ3) is 3.64. The topological polar surface area (TPSA) is 77.0 Å². The maximum Gasteiger partial charge on any atom is 0.270 e. The SMILES string of the molecule is O=C(NC1CCC(Oc2cnccn2)CC1)c1nccc2ccccc12. The highest BCUT2D eigenvalue weighted by Crippen LogP contribution is 2.23. The number of hydrogen-bond acceptors (Lipinski definition) is 5. The standard InChI is InChI=1S/C20H20N4O2/c25-20(19-17-4-2-1-3-14(17)9-10-23-19)24-15-5-7-16(8-6-15)26-18-13-21-11-12-22-18/h1-4,9-13,15-16H,5-8H2,(H,24,25). The van der Waals surface area contributed by atoms with Crippen molar-refractivity contribution in [1.82, 2.24) is 20.3 Å². The minimum absolute atomic E-state index is 0.111. The van der Waals surface area contributed by atoms with E-state index in [9.17, 15) is 4.79 Å². The van der Waals surface area contributed by atoms with E-state index in [2.05, 4.69) is 20.3 Å². The molecule has 0 radical (unpaired) electrons. The molecule has 0 bridgehead atoms. The van der Waals surface area contributed by atoms with Crippen LogP contribution in [0, 0.1) is 0 Å². The predicted octanol–water partition coefficient (Wildman–Crippen LogP) is 3.14. The molecule has 4 rings (SSSR count). The number of carbonyl (C=O) groups excluding carboxylic acids is 1. The van der Waals surface area contributed by atoms with Gasteiger partial charge in [-0.3, -0.25) is 14.8 Å². The van der Waals surface area contributed by atoms with Crippen LogP contribution in [-0.2, 0) is 0 Å². The van der Waals surface area contributed by atoms with Gasteiger partial charge in [-0.25, -0.2) is 4.98 Å². The first-order valence-electron chi connectivity index (χ1n) is 8.87. The Morgan fingerprint density at radius 2 is 1.85 bits per heavy atom. The molecule has 1 aliphatic rings. The summed E-state index contributed by atoms with van der Waals surface area (Å²) in [5.74, 6) is 0.444. The monoisotopic (exact) mass is 348 g/mol. The fourth-order valence-electron chi connectivity index (χ4n) is 3.40. The minimum Gasteiger partial charge on any atom is -0.473 e. The van der Waals surface area contributed by atoms with Crippen LogP contribution in [0.25, 0.3) is 10.8 Å². The summed E-state index contributed by atoms with van der Waals surface area (Å²) in [6.45, 7) is 0. The minimum atomic E-state index is -0.111. The van der Waals surface area contributed by atoms with Gasteiger partial charge in [0.05, 0.1) is 6.20 Å². The zero-order chi connectivity index (χ0) is 17.8. The van der Waals surface area contributed by atoms with E-state index in [1.165, 1.54) is 0 Å². The normalized spacial score (nSPS) is 19.8. The Hall–Kier alpha value is -3.02. The second-order valence-corrected chi connectivity index (χ2v) is 6.49. The summed E-state index contributed by atoms with van der Waals surface area (Å²) < 4.78 is 5.85. The van der Waals surface area contributed by atoms with Crippen molar-refractivity contribution in [3.63, 3.8) is 0 Å². The zero-order valence-corrected chi connectivity index (χ0v) is 14.3. The van der Waals surface area contributed by atoms with Crippen LogP contribution in [-0.4, -0.2) is 33.0 Å². The van der Waals surface area contributed by atoms with Gasteiger partial charge in [-0.2, -0.15) is 0 Å². The highest BCUT2D eigenvalue weighted by atomic mass is 16.5. The Balaban J connectivity index is 1.36. The smallest absolute Gasteiger partial charge is 0.270 e. The molecule has 2 heterocycles. The second kappa shape index (κ2) is 7.47. The first-order chi connectivity index (χ1) is 12.8. The molecular formula is C20H20N4O2. The molecule has 1 aromatic carbocycles. The Bertz CT molecular complexity index is 887. The molecule has 1 aliphatic carbocycles. The highest BCUT2D eigenvalue weighted by Gasteiger charge is 2.25. The van der Waals surface area contributed by atoms with Crippen LogP contribution in [0.4, 0.5) is 0 Å². The molecule has 1 fully saturated rings. The van der Waals surface area contributed by atoms with Gasteiger partial charge in [0.15, 0.2) is 0 Å². The third-order valence-corrected chi connectivity index (χ3v) is 4.73. The molecule has 0 saturated heterocycles. The third-order valence-electron chi connectivity index (χ3n) is 4.73. The number of carbonyl (C=O) groups is 1. The molecule has 26 heavy (non-hydrogen) atoms. The van der Waals surface area contributed by atoms with E-state index in [0.717, 1.165) is 36.5 Å². The molecule has 1 saturated carbocycles. The van der Waals surface area contributed by atoms with Crippen LogP contribution in [0.2, 0.25) is 0 Å². The van der Waals surface area contributed by atoms with Crippen molar-refractivity contribution >= 4 is 16.7 Å². The lowest BCUT2D eigenvalue weighted by Crippen LogP contribution is -2.40. The number of nitrogens with one attached hydrogen (secondary N) is 1. The van der Waals surface area contributed by atoms with E-state index in [-0.39, 0.29) is 18.1 Å². The van der Waals surface area contributed by atoms with E-state index < -0.39 is 0 Å². The molecule has 132 valence electrons. The molecule has 1 N–H and O–H groups in total. The van der Waals surface area contributed by atoms with E-state index in [4.69, 9.17) is 4.74 Å². The van der Waals surface area contributed by atoms with Crippen LogP contribution in [0.1, 0.15) is 36.2 Å². The van der Waals surface area contributed by atoms with Gasteiger partial charge in [0.25, 0.3) is 5.91 Å². The highest BCUT2D eigenvalue weighted by molar-refractivity contribution is 6.05. The predicted molar refractivity (Wildman–Crippen MR) is 97.9 cm³/mol. The molecule has 0 spiro atoms. The van der Waals surface area contributed by atoms with Crippen molar-refractivity contribution in [3.05, 3.63) is 60.8 Å². The van der Waals surface area contributed by atoms with E-state index in [1.807, 2.05) is 30.3 Å². The van der Waals surface area contributed by atoms with Gasteiger partial charge in [0.1, 0.15) is 11.8 Å². The number of fused-ring (bicyclic) bond motifs is 1. The number of aromatic nitrogens is 3. The van der Waals surface area contributed by atoms with Crippen molar-refractivity contribution < 1.29 is 9.53 Å². The lowest BCUT2D eigenvalue weighted by atomic mass is 9.92.